The molecule has 12 heteroatoms. The number of H-pyrrole nitrogens is 2. The zero-order valence-electron chi connectivity index (χ0n) is 20.5. The number of nitrogens with zero attached hydrogens (tertiary/aromatic N) is 4. The minimum Gasteiger partial charge on any atom is -0.313 e. The lowest BCUT2D eigenvalue weighted by Gasteiger charge is -2.19. The Morgan fingerprint density at radius 2 is 1.92 bits per heavy atom. The predicted molar refractivity (Wildman–Crippen MR) is 135 cm³/mol. The molecule has 1 amide bonds. The number of carbonyl (C=O) groups excluding carboxylic acids is 1. The normalized spacial score (nSPS) is 17.7. The molecule has 1 spiro atoms. The molecule has 2 N–H and O–H groups in total. The third-order valence-corrected chi connectivity index (χ3v) is 6.93. The summed E-state index contributed by atoms with van der Waals surface area (Å²) < 4.78 is 38.9. The molecule has 1 aliphatic heterocycles. The van der Waals surface area contributed by atoms with E-state index in [1.807, 2.05) is 6.07 Å². The topological polar surface area (TPSA) is 116 Å². The number of benzene rings is 1. The molecule has 1 aromatic carbocycles. The first-order chi connectivity index (χ1) is 18.1. The zero-order chi connectivity index (χ0) is 27.2. The van der Waals surface area contributed by atoms with E-state index in [-0.39, 0.29) is 0 Å². The molecule has 0 saturated heterocycles. The maximum Gasteiger partial charge on any atom is 0.406 e. The first-order valence-electron chi connectivity index (χ1n) is 12.1. The second kappa shape index (κ2) is 9.26. The second-order valence-corrected chi connectivity index (χ2v) is 9.52. The molecule has 2 aromatic heterocycles. The van der Waals surface area contributed by atoms with Crippen molar-refractivity contribution in [3.63, 3.8) is 0 Å². The Kier molecular flexibility index (Phi) is 6.20. The molecule has 3 aliphatic rings. The molecule has 2 aliphatic carbocycles. The number of hydrogen-bond donors (Lipinski definition) is 2. The monoisotopic (exact) mass is 526 g/mol. The molecular weight excluding hydrogens is 501 g/mol. The Labute approximate surface area is 214 Å². The van der Waals surface area contributed by atoms with Crippen molar-refractivity contribution in [2.45, 2.75) is 43.2 Å². The number of para-hydroxylation sites is 1. The average Bonchev–Trinajstić information content (AvgIpc) is 3.80. The van der Waals surface area contributed by atoms with Crippen LogP contribution in [0.1, 0.15) is 42.7 Å². The van der Waals surface area contributed by atoms with Gasteiger partial charge in [-0.25, -0.2) is 9.48 Å². The molecule has 3 heterocycles. The summed E-state index contributed by atoms with van der Waals surface area (Å²) >= 11 is 0. The van der Waals surface area contributed by atoms with Crippen LogP contribution in [-0.2, 0) is 10.2 Å². The molecule has 2 fully saturated rings. The van der Waals surface area contributed by atoms with Gasteiger partial charge < -0.3 is 9.88 Å². The fourth-order valence-electron chi connectivity index (χ4n) is 4.86. The van der Waals surface area contributed by atoms with Crippen molar-refractivity contribution in [1.82, 2.24) is 19.7 Å². The van der Waals surface area contributed by atoms with Crippen LogP contribution in [0.3, 0.4) is 0 Å². The van der Waals surface area contributed by atoms with Gasteiger partial charge in [-0.1, -0.05) is 24.8 Å². The number of alkyl halides is 3. The molecular formula is C26H25F3N6O3. The van der Waals surface area contributed by atoms with Gasteiger partial charge in [0.15, 0.2) is 5.49 Å². The number of hydrogen-bond acceptors (Lipinski definition) is 5. The van der Waals surface area contributed by atoms with E-state index in [1.165, 1.54) is 6.20 Å². The van der Waals surface area contributed by atoms with Crippen LogP contribution in [-0.4, -0.2) is 45.4 Å². The first-order valence-corrected chi connectivity index (χ1v) is 12.1. The summed E-state index contributed by atoms with van der Waals surface area (Å²) in [5, 5.41) is 4.36. The summed E-state index contributed by atoms with van der Waals surface area (Å²) in [5.74, 6) is 0.0505. The van der Waals surface area contributed by atoms with Crippen molar-refractivity contribution in [3.8, 4) is 11.3 Å². The molecule has 0 atom stereocenters. The summed E-state index contributed by atoms with van der Waals surface area (Å²) in [5.41, 5.74) is 2.14. The Balaban J connectivity index is 0.000000158. The van der Waals surface area contributed by atoms with Crippen molar-refractivity contribution < 1.29 is 18.0 Å². The van der Waals surface area contributed by atoms with Gasteiger partial charge in [-0.2, -0.15) is 18.3 Å². The maximum atomic E-state index is 12.5. The fraction of sp³-hybridized carbons (Fsp3) is 0.346. The number of nitrogens with one attached hydrogen (secondary N) is 2. The van der Waals surface area contributed by atoms with E-state index in [4.69, 9.17) is 0 Å². The van der Waals surface area contributed by atoms with Crippen molar-refractivity contribution in [1.29, 1.82) is 0 Å². The molecule has 0 unspecified atom stereocenters. The fourth-order valence-corrected chi connectivity index (χ4v) is 4.86. The van der Waals surface area contributed by atoms with Crippen molar-refractivity contribution >= 4 is 17.8 Å². The Bertz CT molecular complexity index is 1610. The average molecular weight is 527 g/mol. The molecule has 2 saturated carbocycles. The van der Waals surface area contributed by atoms with Gasteiger partial charge in [-0.3, -0.25) is 19.6 Å². The number of fused-ring (bicyclic) bond motifs is 2. The highest BCUT2D eigenvalue weighted by Crippen LogP contribution is 2.57. The molecule has 0 radical (unpaired) electrons. The maximum absolute atomic E-state index is 12.5. The van der Waals surface area contributed by atoms with Gasteiger partial charge in [-0.05, 0) is 49.3 Å². The minimum atomic E-state index is -4.36. The van der Waals surface area contributed by atoms with Gasteiger partial charge in [0.1, 0.15) is 6.54 Å². The standard InChI is InChI=1S/C14H15N5O2.C12H10F3NO/c1-3-19-12(15-2)9(8-4-5-8)6-11(18-19)10-7-16-14(21)17-13(10)20;13-12(14,15)7-16-9-4-2-1-3-8(9)11(5-6-11)10(16)17/h3,6-8H,1,4-5H2,2H3,(H2,16,17,20,21);1-4H,5-7H2. The van der Waals surface area contributed by atoms with Gasteiger partial charge in [-0.15, -0.1) is 0 Å². The summed E-state index contributed by atoms with van der Waals surface area (Å²) in [7, 11) is 1.70. The van der Waals surface area contributed by atoms with Crippen LogP contribution in [0.25, 0.3) is 17.5 Å². The van der Waals surface area contributed by atoms with E-state index in [2.05, 4.69) is 26.6 Å². The summed E-state index contributed by atoms with van der Waals surface area (Å²) in [6.45, 7) is 2.54. The van der Waals surface area contributed by atoms with Gasteiger partial charge in [0.05, 0.1) is 16.7 Å². The summed E-state index contributed by atoms with van der Waals surface area (Å²) in [4.78, 5) is 44.9. The van der Waals surface area contributed by atoms with E-state index in [0.29, 0.717) is 35.7 Å². The number of aromatic nitrogens is 4. The van der Waals surface area contributed by atoms with Gasteiger partial charge >= 0.3 is 11.9 Å². The van der Waals surface area contributed by atoms with Crippen LogP contribution in [0.2, 0.25) is 0 Å². The number of halogens is 3. The number of aromatic amines is 2. The van der Waals surface area contributed by atoms with Gasteiger partial charge in [0.25, 0.3) is 5.56 Å². The Morgan fingerprint density at radius 1 is 1.21 bits per heavy atom. The molecule has 9 nitrogen and oxygen atoms in total. The van der Waals surface area contributed by atoms with Gasteiger partial charge in [0.2, 0.25) is 5.91 Å². The van der Waals surface area contributed by atoms with E-state index >= 15 is 0 Å². The summed E-state index contributed by atoms with van der Waals surface area (Å²) in [6, 6.07) is 8.64. The van der Waals surface area contributed by atoms with Crippen LogP contribution in [0.15, 0.2) is 57.7 Å². The van der Waals surface area contributed by atoms with E-state index in [9.17, 15) is 27.6 Å². The Morgan fingerprint density at radius 3 is 2.50 bits per heavy atom. The van der Waals surface area contributed by atoms with Crippen molar-refractivity contribution in [2.75, 3.05) is 18.5 Å². The quantitative estimate of drug-likeness (QED) is 0.544. The molecule has 38 heavy (non-hydrogen) atoms. The second-order valence-electron chi connectivity index (χ2n) is 9.52. The number of carbonyl (C=O) groups is 1. The van der Waals surface area contributed by atoms with Crippen LogP contribution in [0.4, 0.5) is 18.9 Å². The van der Waals surface area contributed by atoms with Crippen LogP contribution in [0, 0.1) is 0 Å². The van der Waals surface area contributed by atoms with Crippen molar-refractivity contribution in [2.24, 2.45) is 4.99 Å². The van der Waals surface area contributed by atoms with Crippen molar-refractivity contribution in [3.05, 3.63) is 80.6 Å². The highest BCUT2D eigenvalue weighted by Gasteiger charge is 2.60. The third kappa shape index (κ3) is 4.61. The van der Waals surface area contributed by atoms with Crippen LogP contribution >= 0.6 is 0 Å². The highest BCUT2D eigenvalue weighted by molar-refractivity contribution is 6.10. The summed E-state index contributed by atoms with van der Waals surface area (Å²) in [6.07, 6.45) is 2.10. The lowest BCUT2D eigenvalue weighted by molar-refractivity contribution is -0.132. The van der Waals surface area contributed by atoms with E-state index in [1.54, 1.807) is 42.2 Å². The number of rotatable bonds is 4. The lowest BCUT2D eigenvalue weighted by Crippen LogP contribution is -2.39. The lowest BCUT2D eigenvalue weighted by atomic mass is 9.98. The first kappa shape index (κ1) is 25.4. The molecule has 0 bridgehead atoms. The van der Waals surface area contributed by atoms with Crippen LogP contribution < -0.4 is 21.6 Å². The van der Waals surface area contributed by atoms with E-state index < -0.39 is 35.3 Å². The molecule has 198 valence electrons. The number of anilines is 1. The predicted octanol–water partition coefficient (Wildman–Crippen LogP) is 3.06. The number of amides is 1. The highest BCUT2D eigenvalue weighted by atomic mass is 19.4. The molecule has 3 aromatic rings. The van der Waals surface area contributed by atoms with E-state index in [0.717, 1.165) is 34.4 Å². The zero-order valence-corrected chi connectivity index (χ0v) is 20.5. The SMILES string of the molecule is C=Cn1nc(-c2c[nH]c(=O)[nH]c2=O)cc(C2CC2)c1=NC.O=C1N(CC(F)(F)F)c2ccccc2C12CC2. The molecule has 6 rings (SSSR count). The largest absolute Gasteiger partial charge is 0.406 e. The smallest absolute Gasteiger partial charge is 0.313 e. The van der Waals surface area contributed by atoms with Gasteiger partial charge in [0, 0.05) is 30.7 Å². The third-order valence-electron chi connectivity index (χ3n) is 6.93. The Hall–Kier alpha value is -4.22. The van der Waals surface area contributed by atoms with Crippen LogP contribution in [0.5, 0.6) is 0 Å². The minimum absolute atomic E-state index is 0.315.